The van der Waals surface area contributed by atoms with E-state index in [9.17, 15) is 19.7 Å². The van der Waals surface area contributed by atoms with E-state index < -0.39 is 4.92 Å². The monoisotopic (exact) mass is 383 g/mol. The van der Waals surface area contributed by atoms with Crippen molar-refractivity contribution in [2.75, 3.05) is 23.9 Å². The van der Waals surface area contributed by atoms with Gasteiger partial charge < -0.3 is 15.0 Å². The minimum atomic E-state index is -0.482. The molecule has 2 amide bonds. The van der Waals surface area contributed by atoms with Crippen LogP contribution in [0.1, 0.15) is 24.8 Å². The Kier molecular flexibility index (Phi) is 5.88. The van der Waals surface area contributed by atoms with Gasteiger partial charge in [0.25, 0.3) is 5.69 Å². The summed E-state index contributed by atoms with van der Waals surface area (Å²) >= 11 is 0. The third-order valence-corrected chi connectivity index (χ3v) is 4.59. The third-order valence-electron chi connectivity index (χ3n) is 4.59. The number of piperidine rings is 1. The predicted molar refractivity (Wildman–Crippen MR) is 105 cm³/mol. The Hall–Kier alpha value is -3.42. The fraction of sp³-hybridized carbons (Fsp3) is 0.300. The molecule has 0 atom stereocenters. The summed E-state index contributed by atoms with van der Waals surface area (Å²) in [6.45, 7) is 0.620. The lowest BCUT2D eigenvalue weighted by Gasteiger charge is -2.28. The molecule has 1 fully saturated rings. The Labute approximate surface area is 162 Å². The Morgan fingerprint density at radius 1 is 1.21 bits per heavy atom. The first-order valence-corrected chi connectivity index (χ1v) is 8.99. The van der Waals surface area contributed by atoms with Crippen LogP contribution in [0.25, 0.3) is 0 Å². The van der Waals surface area contributed by atoms with Crippen molar-refractivity contribution in [2.45, 2.75) is 25.7 Å². The van der Waals surface area contributed by atoms with Crippen LogP contribution in [-0.2, 0) is 16.0 Å². The summed E-state index contributed by atoms with van der Waals surface area (Å²) in [4.78, 5) is 36.5. The van der Waals surface area contributed by atoms with E-state index in [1.54, 1.807) is 42.3 Å². The van der Waals surface area contributed by atoms with Gasteiger partial charge in [-0.25, -0.2) is 0 Å². The minimum Gasteiger partial charge on any atom is -0.495 e. The number of amides is 2. The molecule has 1 heterocycles. The van der Waals surface area contributed by atoms with Gasteiger partial charge in [0.1, 0.15) is 5.75 Å². The predicted octanol–water partition coefficient (Wildman–Crippen LogP) is 3.30. The average Bonchev–Trinajstić information content (AvgIpc) is 2.68. The van der Waals surface area contributed by atoms with E-state index in [1.165, 1.54) is 12.1 Å². The third kappa shape index (κ3) is 4.46. The summed E-state index contributed by atoms with van der Waals surface area (Å²) in [5, 5.41) is 13.5. The number of hydrogen-bond donors (Lipinski definition) is 1. The highest BCUT2D eigenvalue weighted by atomic mass is 16.6. The highest BCUT2D eigenvalue weighted by molar-refractivity contribution is 5.98. The maximum Gasteiger partial charge on any atom is 0.269 e. The van der Waals surface area contributed by atoms with Gasteiger partial charge in [0.15, 0.2) is 0 Å². The van der Waals surface area contributed by atoms with Gasteiger partial charge >= 0.3 is 0 Å². The topological polar surface area (TPSA) is 102 Å². The van der Waals surface area contributed by atoms with Crippen molar-refractivity contribution in [2.24, 2.45) is 0 Å². The molecular formula is C20H21N3O5. The van der Waals surface area contributed by atoms with Gasteiger partial charge in [-0.2, -0.15) is 0 Å². The Balaban J connectivity index is 1.72. The van der Waals surface area contributed by atoms with Gasteiger partial charge in [-0.05, 0) is 36.6 Å². The molecule has 1 N–H and O–H groups in total. The maximum atomic E-state index is 12.4. The SMILES string of the molecule is COc1ccc(NC(=O)Cc2ccc([N+](=O)[O-])cc2)cc1N1CCCCC1=O. The standard InChI is InChI=1S/C20H21N3O5/c1-28-18-10-7-15(13-17(18)22-11-3-2-4-20(22)25)21-19(24)12-14-5-8-16(9-6-14)23(26)27/h5-10,13H,2-4,11-12H2,1H3,(H,21,24). The lowest BCUT2D eigenvalue weighted by atomic mass is 10.1. The summed E-state index contributed by atoms with van der Waals surface area (Å²) in [7, 11) is 1.54. The second kappa shape index (κ2) is 8.51. The molecule has 0 unspecified atom stereocenters. The molecule has 0 spiro atoms. The number of benzene rings is 2. The molecule has 146 valence electrons. The number of ether oxygens (including phenoxy) is 1. The zero-order valence-corrected chi connectivity index (χ0v) is 15.5. The summed E-state index contributed by atoms with van der Waals surface area (Å²) in [5.41, 5.74) is 1.85. The largest absolute Gasteiger partial charge is 0.495 e. The molecule has 0 saturated carbocycles. The number of rotatable bonds is 6. The normalized spacial score (nSPS) is 13.9. The molecule has 1 saturated heterocycles. The molecular weight excluding hydrogens is 362 g/mol. The summed E-state index contributed by atoms with van der Waals surface area (Å²) in [6.07, 6.45) is 2.39. The summed E-state index contributed by atoms with van der Waals surface area (Å²) in [6, 6.07) is 11.0. The van der Waals surface area contributed by atoms with Crippen molar-refractivity contribution in [1.82, 2.24) is 0 Å². The number of carbonyl (C=O) groups excluding carboxylic acids is 2. The van der Waals surface area contributed by atoms with Crippen molar-refractivity contribution in [1.29, 1.82) is 0 Å². The molecule has 28 heavy (non-hydrogen) atoms. The van der Waals surface area contributed by atoms with E-state index in [0.29, 0.717) is 35.7 Å². The first-order chi connectivity index (χ1) is 13.5. The van der Waals surface area contributed by atoms with Gasteiger partial charge in [-0.1, -0.05) is 12.1 Å². The Morgan fingerprint density at radius 3 is 2.61 bits per heavy atom. The number of methoxy groups -OCH3 is 1. The summed E-state index contributed by atoms with van der Waals surface area (Å²) in [5.74, 6) is 0.359. The first-order valence-electron chi connectivity index (χ1n) is 8.99. The van der Waals surface area contributed by atoms with Crippen LogP contribution in [0.15, 0.2) is 42.5 Å². The van der Waals surface area contributed by atoms with E-state index in [0.717, 1.165) is 12.8 Å². The summed E-state index contributed by atoms with van der Waals surface area (Å²) < 4.78 is 5.37. The van der Waals surface area contributed by atoms with E-state index in [2.05, 4.69) is 5.32 Å². The molecule has 0 bridgehead atoms. The molecule has 1 aliphatic rings. The molecule has 3 rings (SSSR count). The van der Waals surface area contributed by atoms with Gasteiger partial charge in [0.2, 0.25) is 11.8 Å². The van der Waals surface area contributed by atoms with Gasteiger partial charge in [-0.15, -0.1) is 0 Å². The molecule has 2 aromatic rings. The Bertz CT molecular complexity index is 895. The van der Waals surface area contributed by atoms with Crippen LogP contribution < -0.4 is 15.0 Å². The van der Waals surface area contributed by atoms with E-state index >= 15 is 0 Å². The number of anilines is 2. The van der Waals surface area contributed by atoms with Crippen LogP contribution in [0.5, 0.6) is 5.75 Å². The number of non-ortho nitro benzene ring substituents is 1. The number of nitro groups is 1. The maximum absolute atomic E-state index is 12.4. The van der Waals surface area contributed by atoms with Crippen molar-refractivity contribution < 1.29 is 19.2 Å². The van der Waals surface area contributed by atoms with Crippen molar-refractivity contribution >= 4 is 28.9 Å². The second-order valence-electron chi connectivity index (χ2n) is 6.54. The molecule has 0 aliphatic carbocycles. The zero-order valence-electron chi connectivity index (χ0n) is 15.5. The van der Waals surface area contributed by atoms with Gasteiger partial charge in [-0.3, -0.25) is 19.7 Å². The van der Waals surface area contributed by atoms with Crippen LogP contribution in [0.2, 0.25) is 0 Å². The molecule has 2 aromatic carbocycles. The number of nitrogens with zero attached hydrogens (tertiary/aromatic N) is 2. The van der Waals surface area contributed by atoms with Gasteiger partial charge in [0, 0.05) is 30.8 Å². The second-order valence-corrected chi connectivity index (χ2v) is 6.54. The lowest BCUT2D eigenvalue weighted by molar-refractivity contribution is -0.384. The van der Waals surface area contributed by atoms with Crippen LogP contribution in [0, 0.1) is 10.1 Å². The zero-order chi connectivity index (χ0) is 20.1. The fourth-order valence-corrected chi connectivity index (χ4v) is 3.17. The number of nitrogens with one attached hydrogen (secondary N) is 1. The fourth-order valence-electron chi connectivity index (χ4n) is 3.17. The smallest absolute Gasteiger partial charge is 0.269 e. The van der Waals surface area contributed by atoms with Crippen LogP contribution in [0.3, 0.4) is 0 Å². The number of hydrogen-bond acceptors (Lipinski definition) is 5. The van der Waals surface area contributed by atoms with Crippen molar-refractivity contribution in [3.05, 3.63) is 58.1 Å². The molecule has 8 nitrogen and oxygen atoms in total. The molecule has 8 heteroatoms. The van der Waals surface area contributed by atoms with Crippen LogP contribution >= 0.6 is 0 Å². The van der Waals surface area contributed by atoms with Gasteiger partial charge in [0.05, 0.1) is 24.1 Å². The Morgan fingerprint density at radius 2 is 1.96 bits per heavy atom. The van der Waals surface area contributed by atoms with Crippen molar-refractivity contribution in [3.8, 4) is 5.75 Å². The van der Waals surface area contributed by atoms with E-state index in [4.69, 9.17) is 4.74 Å². The highest BCUT2D eigenvalue weighted by Gasteiger charge is 2.23. The van der Waals surface area contributed by atoms with E-state index in [1.807, 2.05) is 0 Å². The molecule has 0 radical (unpaired) electrons. The molecule has 0 aromatic heterocycles. The van der Waals surface area contributed by atoms with Crippen molar-refractivity contribution in [3.63, 3.8) is 0 Å². The average molecular weight is 383 g/mol. The number of carbonyl (C=O) groups is 2. The number of nitro benzene ring substituents is 1. The van der Waals surface area contributed by atoms with Crippen LogP contribution in [-0.4, -0.2) is 30.4 Å². The minimum absolute atomic E-state index is 0.0184. The lowest BCUT2D eigenvalue weighted by Crippen LogP contribution is -2.35. The first kappa shape index (κ1) is 19.3. The van der Waals surface area contributed by atoms with E-state index in [-0.39, 0.29) is 23.9 Å². The highest BCUT2D eigenvalue weighted by Crippen LogP contribution is 2.33. The molecule has 1 aliphatic heterocycles. The quantitative estimate of drug-likeness (QED) is 0.609. The van der Waals surface area contributed by atoms with Crippen LogP contribution in [0.4, 0.5) is 17.1 Å².